The highest BCUT2D eigenvalue weighted by Crippen LogP contribution is 2.16. The Bertz CT molecular complexity index is 403. The van der Waals surface area contributed by atoms with Crippen LogP contribution in [0.2, 0.25) is 0 Å². The number of aryl methyl sites for hydroxylation is 1. The molecule has 0 radical (unpaired) electrons. The molecule has 0 aromatic carbocycles. The van der Waals surface area contributed by atoms with Crippen LogP contribution >= 0.6 is 0 Å². The second-order valence-corrected chi connectivity index (χ2v) is 5.11. The number of carbonyl (C=O) groups is 1. The van der Waals surface area contributed by atoms with Gasteiger partial charge in [-0.3, -0.25) is 10.1 Å². The summed E-state index contributed by atoms with van der Waals surface area (Å²) in [4.78, 5) is 15.7. The van der Waals surface area contributed by atoms with E-state index in [0.717, 1.165) is 0 Å². The van der Waals surface area contributed by atoms with E-state index in [1.807, 2.05) is 20.8 Å². The second kappa shape index (κ2) is 5.95. The summed E-state index contributed by atoms with van der Waals surface area (Å²) in [7, 11) is 0. The number of hydrogen-bond donors (Lipinski definition) is 2. The van der Waals surface area contributed by atoms with Crippen molar-refractivity contribution in [3.63, 3.8) is 0 Å². The minimum absolute atomic E-state index is 0.365. The van der Waals surface area contributed by atoms with Gasteiger partial charge < -0.3 is 10.3 Å². The fraction of sp³-hybridized carbons (Fsp3) is 0.750. The van der Waals surface area contributed by atoms with E-state index in [2.05, 4.69) is 15.5 Å². The molecule has 1 atom stereocenters. The Balaban J connectivity index is 2.64. The molecule has 1 aromatic rings. The van der Waals surface area contributed by atoms with E-state index in [4.69, 9.17) is 10.3 Å². The van der Waals surface area contributed by atoms with Gasteiger partial charge in [-0.05, 0) is 19.3 Å². The maximum atomic E-state index is 11.5. The summed E-state index contributed by atoms with van der Waals surface area (Å²) in [5, 5.41) is 6.95. The molecule has 1 heterocycles. The maximum absolute atomic E-state index is 11.5. The Labute approximate surface area is 107 Å². The summed E-state index contributed by atoms with van der Waals surface area (Å²) in [6.07, 6.45) is 1.37. The van der Waals surface area contributed by atoms with Crippen molar-refractivity contribution in [3.05, 3.63) is 11.7 Å². The highest BCUT2D eigenvalue weighted by atomic mass is 16.5. The van der Waals surface area contributed by atoms with Gasteiger partial charge in [0, 0.05) is 6.42 Å². The molecule has 0 fully saturated rings. The molecule has 0 aliphatic rings. The predicted octanol–water partition coefficient (Wildman–Crippen LogP) is 1.01. The lowest BCUT2D eigenvalue weighted by molar-refractivity contribution is -0.124. The van der Waals surface area contributed by atoms with Crippen LogP contribution in [0.1, 0.15) is 45.8 Å². The summed E-state index contributed by atoms with van der Waals surface area (Å²) in [5.41, 5.74) is 4.70. The molecule has 0 saturated carbocycles. The average molecular weight is 254 g/mol. The number of amides is 1. The van der Waals surface area contributed by atoms with Crippen molar-refractivity contribution in [2.45, 2.75) is 52.6 Å². The predicted molar refractivity (Wildman–Crippen MR) is 67.6 cm³/mol. The number of nitrogens with zero attached hydrogens (tertiary/aromatic N) is 2. The number of aromatic nitrogens is 2. The minimum atomic E-state index is -0.749. The van der Waals surface area contributed by atoms with E-state index in [0.29, 0.717) is 37.0 Å². The first kappa shape index (κ1) is 14.6. The van der Waals surface area contributed by atoms with E-state index in [1.54, 1.807) is 6.92 Å². The lowest BCUT2D eigenvalue weighted by Gasteiger charge is -2.28. The van der Waals surface area contributed by atoms with Gasteiger partial charge >= 0.3 is 0 Å². The van der Waals surface area contributed by atoms with E-state index < -0.39 is 5.54 Å². The summed E-state index contributed by atoms with van der Waals surface area (Å²) in [6, 6.07) is 0. The minimum Gasteiger partial charge on any atom is -0.368 e. The molecular formula is C12H22N4O2. The highest BCUT2D eigenvalue weighted by Gasteiger charge is 2.31. The molecule has 0 unspecified atom stereocenters. The number of primary amides is 1. The van der Waals surface area contributed by atoms with Crippen LogP contribution < -0.4 is 11.1 Å². The summed E-state index contributed by atoms with van der Waals surface area (Å²) in [5.74, 6) is 1.14. The topological polar surface area (TPSA) is 94.0 Å². The number of hydrogen-bond acceptors (Lipinski definition) is 5. The first-order valence-corrected chi connectivity index (χ1v) is 6.23. The quantitative estimate of drug-likeness (QED) is 0.757. The van der Waals surface area contributed by atoms with Crippen molar-refractivity contribution in [2.75, 3.05) is 0 Å². The molecule has 102 valence electrons. The molecule has 0 saturated heterocycles. The van der Waals surface area contributed by atoms with E-state index in [9.17, 15) is 4.79 Å². The number of carbonyl (C=O) groups excluding carboxylic acids is 1. The Morgan fingerprint density at radius 3 is 2.67 bits per heavy atom. The normalized spacial score (nSPS) is 14.7. The SMILES string of the molecule is CCc1nc(CN[C@@](C)(CC(C)C)C(N)=O)no1. The molecule has 6 nitrogen and oxygen atoms in total. The zero-order valence-corrected chi connectivity index (χ0v) is 11.5. The molecule has 0 spiro atoms. The third kappa shape index (κ3) is 3.80. The monoisotopic (exact) mass is 254 g/mol. The number of nitrogens with one attached hydrogen (secondary N) is 1. The van der Waals surface area contributed by atoms with Gasteiger partial charge in [-0.15, -0.1) is 0 Å². The molecule has 1 amide bonds. The van der Waals surface area contributed by atoms with Gasteiger partial charge in [-0.25, -0.2) is 0 Å². The zero-order chi connectivity index (χ0) is 13.8. The van der Waals surface area contributed by atoms with E-state index in [-0.39, 0.29) is 5.91 Å². The second-order valence-electron chi connectivity index (χ2n) is 5.11. The Morgan fingerprint density at radius 1 is 1.56 bits per heavy atom. The van der Waals surface area contributed by atoms with Crippen molar-refractivity contribution in [1.29, 1.82) is 0 Å². The van der Waals surface area contributed by atoms with Gasteiger partial charge in [-0.1, -0.05) is 25.9 Å². The van der Waals surface area contributed by atoms with Crippen LogP contribution in [0, 0.1) is 5.92 Å². The fourth-order valence-corrected chi connectivity index (χ4v) is 1.86. The molecule has 6 heteroatoms. The Morgan fingerprint density at radius 2 is 2.22 bits per heavy atom. The van der Waals surface area contributed by atoms with Crippen LogP contribution in [0.25, 0.3) is 0 Å². The molecular weight excluding hydrogens is 232 g/mol. The first-order chi connectivity index (χ1) is 8.37. The largest absolute Gasteiger partial charge is 0.368 e. The van der Waals surface area contributed by atoms with E-state index >= 15 is 0 Å². The van der Waals surface area contributed by atoms with Gasteiger partial charge in [0.15, 0.2) is 5.82 Å². The summed E-state index contributed by atoms with van der Waals surface area (Å²) in [6.45, 7) is 8.21. The van der Waals surface area contributed by atoms with Crippen LogP contribution in [0.5, 0.6) is 0 Å². The van der Waals surface area contributed by atoms with Gasteiger partial charge in [0.25, 0.3) is 0 Å². The molecule has 18 heavy (non-hydrogen) atoms. The van der Waals surface area contributed by atoms with Crippen LogP contribution in [-0.4, -0.2) is 21.6 Å². The lowest BCUT2D eigenvalue weighted by Crippen LogP contribution is -2.53. The van der Waals surface area contributed by atoms with Gasteiger partial charge in [0.2, 0.25) is 11.8 Å². The Kier molecular flexibility index (Phi) is 4.84. The van der Waals surface area contributed by atoms with E-state index in [1.165, 1.54) is 0 Å². The molecule has 0 aliphatic carbocycles. The van der Waals surface area contributed by atoms with Crippen molar-refractivity contribution in [3.8, 4) is 0 Å². The van der Waals surface area contributed by atoms with Crippen LogP contribution in [0.15, 0.2) is 4.52 Å². The maximum Gasteiger partial charge on any atom is 0.237 e. The Hall–Kier alpha value is -1.43. The van der Waals surface area contributed by atoms with Crippen LogP contribution in [-0.2, 0) is 17.8 Å². The third-order valence-electron chi connectivity index (χ3n) is 2.81. The molecule has 0 bridgehead atoms. The van der Waals surface area contributed by atoms with Crippen molar-refractivity contribution >= 4 is 5.91 Å². The smallest absolute Gasteiger partial charge is 0.237 e. The van der Waals surface area contributed by atoms with Gasteiger partial charge in [-0.2, -0.15) is 4.98 Å². The van der Waals surface area contributed by atoms with Crippen molar-refractivity contribution < 1.29 is 9.32 Å². The molecule has 0 aliphatic heterocycles. The standard InChI is InChI=1S/C12H22N4O2/c1-5-10-15-9(16-18-10)7-14-12(4,11(13)17)6-8(2)3/h8,14H,5-7H2,1-4H3,(H2,13,17)/t12-/m0/s1. The van der Waals surface area contributed by atoms with Crippen LogP contribution in [0.3, 0.4) is 0 Å². The highest BCUT2D eigenvalue weighted by molar-refractivity contribution is 5.84. The van der Waals surface area contributed by atoms with Gasteiger partial charge in [0.1, 0.15) is 0 Å². The number of nitrogens with two attached hydrogens (primary N) is 1. The van der Waals surface area contributed by atoms with Crippen LogP contribution in [0.4, 0.5) is 0 Å². The molecule has 1 rings (SSSR count). The van der Waals surface area contributed by atoms with Crippen molar-refractivity contribution in [2.24, 2.45) is 11.7 Å². The molecule has 1 aromatic heterocycles. The summed E-state index contributed by atoms with van der Waals surface area (Å²) >= 11 is 0. The van der Waals surface area contributed by atoms with Gasteiger partial charge in [0.05, 0.1) is 12.1 Å². The fourth-order valence-electron chi connectivity index (χ4n) is 1.86. The first-order valence-electron chi connectivity index (χ1n) is 6.23. The average Bonchev–Trinajstić information content (AvgIpc) is 2.73. The van der Waals surface area contributed by atoms with Crippen molar-refractivity contribution in [1.82, 2.24) is 15.5 Å². The summed E-state index contributed by atoms with van der Waals surface area (Å²) < 4.78 is 5.00. The zero-order valence-electron chi connectivity index (χ0n) is 11.5. The number of rotatable bonds is 7. The lowest BCUT2D eigenvalue weighted by atomic mass is 9.90. The molecule has 3 N–H and O–H groups in total. The third-order valence-corrected chi connectivity index (χ3v) is 2.81.